The SMILES string of the molecule is CC[C@H](C(=O)N1CCN(c2nc(Cc3ccccc3)nc3c2c(C)nn3-c2ccc(F)cc2)CC1)c1ccccc1. The minimum Gasteiger partial charge on any atom is -0.352 e. The van der Waals surface area contributed by atoms with Crippen LogP contribution in [0.5, 0.6) is 0 Å². The number of nitrogens with zero attached hydrogens (tertiary/aromatic N) is 6. The molecule has 0 saturated carbocycles. The first-order valence-electron chi connectivity index (χ1n) is 14.2. The van der Waals surface area contributed by atoms with Gasteiger partial charge in [0.1, 0.15) is 17.5 Å². The van der Waals surface area contributed by atoms with Gasteiger partial charge < -0.3 is 9.80 Å². The predicted molar refractivity (Wildman–Crippen MR) is 159 cm³/mol. The smallest absolute Gasteiger partial charge is 0.230 e. The summed E-state index contributed by atoms with van der Waals surface area (Å²) in [7, 11) is 0. The van der Waals surface area contributed by atoms with Crippen LogP contribution in [-0.2, 0) is 11.2 Å². The number of carbonyl (C=O) groups excluding carboxylic acids is 1. The maximum Gasteiger partial charge on any atom is 0.230 e. The lowest BCUT2D eigenvalue weighted by Crippen LogP contribution is -2.50. The molecule has 1 atom stereocenters. The van der Waals surface area contributed by atoms with Crippen molar-refractivity contribution in [3.8, 4) is 5.69 Å². The Morgan fingerprint density at radius 1 is 0.878 bits per heavy atom. The molecule has 5 aromatic rings. The van der Waals surface area contributed by atoms with Gasteiger partial charge in [0.25, 0.3) is 0 Å². The van der Waals surface area contributed by atoms with Gasteiger partial charge in [-0.3, -0.25) is 4.79 Å². The van der Waals surface area contributed by atoms with E-state index in [0.29, 0.717) is 44.1 Å². The molecule has 1 aliphatic heterocycles. The summed E-state index contributed by atoms with van der Waals surface area (Å²) < 4.78 is 15.5. The summed E-state index contributed by atoms with van der Waals surface area (Å²) in [6.45, 7) is 6.58. The lowest BCUT2D eigenvalue weighted by atomic mass is 9.95. The fourth-order valence-corrected chi connectivity index (χ4v) is 5.65. The Kier molecular flexibility index (Phi) is 7.46. The van der Waals surface area contributed by atoms with Crippen LogP contribution in [0.2, 0.25) is 0 Å². The van der Waals surface area contributed by atoms with Gasteiger partial charge in [0.15, 0.2) is 5.65 Å². The third-order valence-corrected chi connectivity index (χ3v) is 7.80. The van der Waals surface area contributed by atoms with E-state index in [9.17, 15) is 9.18 Å². The van der Waals surface area contributed by atoms with Crippen molar-refractivity contribution in [2.75, 3.05) is 31.1 Å². The molecule has 0 N–H and O–H groups in total. The third kappa shape index (κ3) is 5.42. The summed E-state index contributed by atoms with van der Waals surface area (Å²) in [4.78, 5) is 27.8. The van der Waals surface area contributed by atoms with E-state index < -0.39 is 0 Å². The highest BCUT2D eigenvalue weighted by Gasteiger charge is 2.30. The van der Waals surface area contributed by atoms with E-state index in [4.69, 9.17) is 15.1 Å². The number of carbonyl (C=O) groups is 1. The molecule has 0 bridgehead atoms. The Balaban J connectivity index is 1.33. The van der Waals surface area contributed by atoms with E-state index in [-0.39, 0.29) is 17.6 Å². The van der Waals surface area contributed by atoms with Crippen molar-refractivity contribution < 1.29 is 9.18 Å². The van der Waals surface area contributed by atoms with Crippen molar-refractivity contribution in [3.63, 3.8) is 0 Å². The number of amides is 1. The zero-order chi connectivity index (χ0) is 28.3. The van der Waals surface area contributed by atoms with Crippen LogP contribution < -0.4 is 4.90 Å². The Labute approximate surface area is 239 Å². The second-order valence-corrected chi connectivity index (χ2v) is 10.5. The van der Waals surface area contributed by atoms with Crippen LogP contribution in [0.3, 0.4) is 0 Å². The number of piperazine rings is 1. The maximum atomic E-state index is 13.7. The van der Waals surface area contributed by atoms with Crippen molar-refractivity contribution >= 4 is 22.8 Å². The fraction of sp³-hybridized carbons (Fsp3) is 0.273. The molecule has 1 fully saturated rings. The molecule has 3 aromatic carbocycles. The maximum absolute atomic E-state index is 13.7. The molecular weight excluding hydrogens is 515 g/mol. The zero-order valence-corrected chi connectivity index (χ0v) is 23.4. The normalized spacial score (nSPS) is 14.4. The number of aromatic nitrogens is 4. The van der Waals surface area contributed by atoms with Crippen LogP contribution >= 0.6 is 0 Å². The summed E-state index contributed by atoms with van der Waals surface area (Å²) in [5.74, 6) is 1.26. The van der Waals surface area contributed by atoms with E-state index in [1.54, 1.807) is 16.8 Å². The molecule has 7 nitrogen and oxygen atoms in total. The lowest BCUT2D eigenvalue weighted by molar-refractivity contribution is -0.133. The largest absolute Gasteiger partial charge is 0.352 e. The van der Waals surface area contributed by atoms with Crippen LogP contribution in [0.25, 0.3) is 16.7 Å². The van der Waals surface area contributed by atoms with Crippen LogP contribution in [0, 0.1) is 12.7 Å². The first-order valence-corrected chi connectivity index (χ1v) is 14.2. The summed E-state index contributed by atoms with van der Waals surface area (Å²) in [5.41, 5.74) is 4.42. The minimum atomic E-state index is -0.299. The number of hydrogen-bond donors (Lipinski definition) is 0. The molecule has 0 aliphatic carbocycles. The molecule has 3 heterocycles. The van der Waals surface area contributed by atoms with Crippen molar-refractivity contribution in [2.45, 2.75) is 32.6 Å². The van der Waals surface area contributed by atoms with Crippen molar-refractivity contribution in [1.29, 1.82) is 0 Å². The molecule has 6 rings (SSSR count). The van der Waals surface area contributed by atoms with Crippen molar-refractivity contribution in [1.82, 2.24) is 24.6 Å². The lowest BCUT2D eigenvalue weighted by Gasteiger charge is -2.37. The molecule has 41 heavy (non-hydrogen) atoms. The average Bonchev–Trinajstić information content (AvgIpc) is 3.34. The first kappa shape index (κ1) is 26.6. The van der Waals surface area contributed by atoms with Gasteiger partial charge >= 0.3 is 0 Å². The van der Waals surface area contributed by atoms with Crippen molar-refractivity contribution in [3.05, 3.63) is 113 Å². The van der Waals surface area contributed by atoms with Crippen LogP contribution in [0.15, 0.2) is 84.9 Å². The quantitative estimate of drug-likeness (QED) is 0.261. The second-order valence-electron chi connectivity index (χ2n) is 10.5. The summed E-state index contributed by atoms with van der Waals surface area (Å²) in [6, 6.07) is 26.5. The van der Waals surface area contributed by atoms with Crippen LogP contribution in [-0.4, -0.2) is 56.7 Å². The van der Waals surface area contributed by atoms with Gasteiger partial charge in [-0.25, -0.2) is 19.0 Å². The fourth-order valence-electron chi connectivity index (χ4n) is 5.65. The highest BCUT2D eigenvalue weighted by Crippen LogP contribution is 2.31. The van der Waals surface area contributed by atoms with E-state index >= 15 is 0 Å². The van der Waals surface area contributed by atoms with Gasteiger partial charge in [0.05, 0.1) is 22.7 Å². The van der Waals surface area contributed by atoms with Crippen LogP contribution in [0.4, 0.5) is 10.2 Å². The van der Waals surface area contributed by atoms with E-state index in [1.807, 2.05) is 60.4 Å². The predicted octanol–water partition coefficient (Wildman–Crippen LogP) is 5.70. The van der Waals surface area contributed by atoms with Gasteiger partial charge in [-0.05, 0) is 48.7 Å². The zero-order valence-electron chi connectivity index (χ0n) is 23.4. The monoisotopic (exact) mass is 548 g/mol. The molecule has 1 amide bonds. The highest BCUT2D eigenvalue weighted by atomic mass is 19.1. The summed E-state index contributed by atoms with van der Waals surface area (Å²) in [6.07, 6.45) is 1.34. The number of aryl methyl sites for hydroxylation is 1. The molecule has 1 aliphatic rings. The Bertz CT molecular complexity index is 1640. The van der Waals surface area contributed by atoms with Crippen molar-refractivity contribution in [2.24, 2.45) is 0 Å². The van der Waals surface area contributed by atoms with Gasteiger partial charge in [0, 0.05) is 32.6 Å². The van der Waals surface area contributed by atoms with E-state index in [2.05, 4.69) is 24.0 Å². The molecule has 0 unspecified atom stereocenters. The number of rotatable bonds is 7. The molecule has 8 heteroatoms. The van der Waals surface area contributed by atoms with Crippen LogP contribution in [0.1, 0.15) is 41.9 Å². The first-order chi connectivity index (χ1) is 20.0. The van der Waals surface area contributed by atoms with E-state index in [0.717, 1.165) is 40.1 Å². The number of fused-ring (bicyclic) bond motifs is 1. The molecular formula is C33H33FN6O. The van der Waals surface area contributed by atoms with Gasteiger partial charge in [0.2, 0.25) is 5.91 Å². The number of halogens is 1. The molecule has 208 valence electrons. The third-order valence-electron chi connectivity index (χ3n) is 7.80. The minimum absolute atomic E-state index is 0.137. The summed E-state index contributed by atoms with van der Waals surface area (Å²) in [5, 5.41) is 5.68. The summed E-state index contributed by atoms with van der Waals surface area (Å²) >= 11 is 0. The van der Waals surface area contributed by atoms with Gasteiger partial charge in [-0.2, -0.15) is 5.10 Å². The topological polar surface area (TPSA) is 67.2 Å². The van der Waals surface area contributed by atoms with E-state index in [1.165, 1.54) is 12.1 Å². The highest BCUT2D eigenvalue weighted by molar-refractivity contribution is 5.91. The molecule has 2 aromatic heterocycles. The Morgan fingerprint density at radius 2 is 1.54 bits per heavy atom. The van der Waals surface area contributed by atoms with Gasteiger partial charge in [-0.15, -0.1) is 0 Å². The number of anilines is 1. The molecule has 0 spiro atoms. The second kappa shape index (κ2) is 11.5. The molecule has 1 saturated heterocycles. The standard InChI is InChI=1S/C33H33FN6O/c1-3-28(25-12-8-5-9-13-25)33(41)39-20-18-38(19-21-39)31-30-23(2)37-40(27-16-14-26(34)15-17-27)32(30)36-29(35-31)22-24-10-6-4-7-11-24/h4-17,28H,3,18-22H2,1-2H3/t28-/m0/s1. The Morgan fingerprint density at radius 3 is 2.20 bits per heavy atom. The average molecular weight is 549 g/mol. The number of hydrogen-bond acceptors (Lipinski definition) is 5. The molecule has 0 radical (unpaired) electrons. The Hall–Kier alpha value is -4.59. The number of benzene rings is 3. The van der Waals surface area contributed by atoms with Gasteiger partial charge in [-0.1, -0.05) is 67.6 Å².